The summed E-state index contributed by atoms with van der Waals surface area (Å²) in [6.07, 6.45) is 73.8. The number of nitrogens with one attached hydrogen (secondary N) is 1. The van der Waals surface area contributed by atoms with Gasteiger partial charge in [-0.15, -0.1) is 0 Å². The van der Waals surface area contributed by atoms with Crippen LogP contribution in [0.3, 0.4) is 0 Å². The zero-order chi connectivity index (χ0) is 71.5. The molecule has 9 N–H and O–H groups in total. The summed E-state index contributed by atoms with van der Waals surface area (Å²) in [5.74, 6) is -0.196. The van der Waals surface area contributed by atoms with Gasteiger partial charge in [-0.3, -0.25) is 4.79 Å². The quantitative estimate of drug-likeness (QED) is 0.0204. The lowest BCUT2D eigenvalue weighted by Crippen LogP contribution is -2.65. The highest BCUT2D eigenvalue weighted by molar-refractivity contribution is 5.76. The van der Waals surface area contributed by atoms with E-state index >= 15 is 0 Å². The topological polar surface area (TPSA) is 228 Å². The summed E-state index contributed by atoms with van der Waals surface area (Å²) in [6.45, 7) is 2.93. The van der Waals surface area contributed by atoms with Gasteiger partial charge in [0.25, 0.3) is 0 Å². The number of hydrogen-bond acceptors (Lipinski definition) is 13. The first-order chi connectivity index (χ1) is 48.6. The van der Waals surface area contributed by atoms with Gasteiger partial charge < -0.3 is 65.1 Å². The number of allylic oxidation sites excluding steroid dienone is 4. The van der Waals surface area contributed by atoms with E-state index < -0.39 is 86.8 Å². The molecule has 0 spiro atoms. The first-order valence-corrected chi connectivity index (χ1v) is 43.1. The lowest BCUT2D eigenvalue weighted by Gasteiger charge is -2.46. The zero-order valence-electron chi connectivity index (χ0n) is 64.5. The van der Waals surface area contributed by atoms with Gasteiger partial charge in [0.15, 0.2) is 12.6 Å². The van der Waals surface area contributed by atoms with Gasteiger partial charge in [-0.25, -0.2) is 0 Å². The van der Waals surface area contributed by atoms with Crippen molar-refractivity contribution in [2.45, 2.75) is 492 Å². The maximum atomic E-state index is 13.4. The summed E-state index contributed by atoms with van der Waals surface area (Å²) in [4.78, 5) is 13.4. The van der Waals surface area contributed by atoms with E-state index in [-0.39, 0.29) is 12.5 Å². The third-order valence-corrected chi connectivity index (χ3v) is 21.4. The van der Waals surface area contributed by atoms with E-state index in [1.54, 1.807) is 0 Å². The van der Waals surface area contributed by atoms with Crippen molar-refractivity contribution in [3.63, 3.8) is 0 Å². The molecule has 2 aliphatic rings. The molecule has 0 aromatic carbocycles. The molecule has 2 rings (SSSR count). The zero-order valence-corrected chi connectivity index (χ0v) is 64.5. The van der Waals surface area contributed by atoms with E-state index in [1.165, 1.54) is 334 Å². The van der Waals surface area contributed by atoms with Crippen LogP contribution in [-0.4, -0.2) is 140 Å². The van der Waals surface area contributed by atoms with Crippen LogP contribution in [-0.2, 0) is 23.7 Å². The average molecular weight is 1410 g/mol. The van der Waals surface area contributed by atoms with Crippen molar-refractivity contribution in [3.8, 4) is 0 Å². The van der Waals surface area contributed by atoms with Crippen molar-refractivity contribution >= 4 is 5.91 Å². The third-order valence-electron chi connectivity index (χ3n) is 21.4. The molecule has 99 heavy (non-hydrogen) atoms. The first kappa shape index (κ1) is 93.6. The standard InChI is InChI=1S/C85H163NO13/c1-3-5-7-9-11-13-15-17-19-21-23-25-27-29-31-33-34-35-36-37-38-39-40-41-43-45-47-49-51-53-55-57-59-61-63-65-67-69-77(90)86-73(72-96-84-82(95)80(93)83(76(71-88)98-84)99-85-81(94)79(92)78(91)75(70-87)97-85)74(89)68-66-64-62-60-58-56-54-52-50-48-46-44-42-32-30-28-26-24-22-20-18-16-14-12-10-8-6-4-2/h15,17,21,23,73-76,78-85,87-89,91-95H,3-14,16,18-20,22,24-72H2,1-2H3,(H,86,90)/b17-15-,23-21-. The van der Waals surface area contributed by atoms with Crippen LogP contribution in [0.1, 0.15) is 418 Å². The van der Waals surface area contributed by atoms with Gasteiger partial charge in [0.2, 0.25) is 5.91 Å². The number of rotatable bonds is 74. The molecule has 2 fully saturated rings. The van der Waals surface area contributed by atoms with Crippen LogP contribution in [0, 0.1) is 0 Å². The maximum Gasteiger partial charge on any atom is 0.220 e. The Hall–Kier alpha value is -1.53. The van der Waals surface area contributed by atoms with Gasteiger partial charge in [-0.1, -0.05) is 391 Å². The summed E-state index contributed by atoms with van der Waals surface area (Å²) < 4.78 is 23.0. The largest absolute Gasteiger partial charge is 0.394 e. The number of carbonyl (C=O) groups is 1. The Balaban J connectivity index is 1.56. The lowest BCUT2D eigenvalue weighted by atomic mass is 9.97. The van der Waals surface area contributed by atoms with E-state index in [1.807, 2.05) is 0 Å². The summed E-state index contributed by atoms with van der Waals surface area (Å²) in [5, 5.41) is 88.0. The molecule has 12 atom stereocenters. The average Bonchev–Trinajstić information content (AvgIpc) is 0.793. The number of amides is 1. The highest BCUT2D eigenvalue weighted by atomic mass is 16.7. The molecule has 0 bridgehead atoms. The molecule has 0 saturated carbocycles. The molecule has 586 valence electrons. The van der Waals surface area contributed by atoms with Crippen LogP contribution in [0.15, 0.2) is 24.3 Å². The second-order valence-electron chi connectivity index (χ2n) is 30.7. The van der Waals surface area contributed by atoms with Crippen LogP contribution >= 0.6 is 0 Å². The number of ether oxygens (including phenoxy) is 4. The van der Waals surface area contributed by atoms with Crippen molar-refractivity contribution in [3.05, 3.63) is 24.3 Å². The predicted molar refractivity (Wildman–Crippen MR) is 411 cm³/mol. The molecule has 0 radical (unpaired) electrons. The Morgan fingerprint density at radius 1 is 0.364 bits per heavy atom. The summed E-state index contributed by atoms with van der Waals surface area (Å²) >= 11 is 0. The summed E-state index contributed by atoms with van der Waals surface area (Å²) in [7, 11) is 0. The second-order valence-corrected chi connectivity index (χ2v) is 30.7. The van der Waals surface area contributed by atoms with Crippen molar-refractivity contribution in [1.82, 2.24) is 5.32 Å². The van der Waals surface area contributed by atoms with E-state index in [0.29, 0.717) is 12.8 Å². The van der Waals surface area contributed by atoms with Crippen molar-refractivity contribution in [2.75, 3.05) is 19.8 Å². The van der Waals surface area contributed by atoms with Crippen LogP contribution in [0.5, 0.6) is 0 Å². The van der Waals surface area contributed by atoms with Crippen LogP contribution < -0.4 is 5.32 Å². The van der Waals surface area contributed by atoms with Gasteiger partial charge in [-0.2, -0.15) is 0 Å². The molecule has 2 heterocycles. The minimum Gasteiger partial charge on any atom is -0.394 e. The monoisotopic (exact) mass is 1410 g/mol. The molecule has 14 heteroatoms. The Morgan fingerprint density at radius 3 is 1.01 bits per heavy atom. The molecule has 0 aromatic heterocycles. The smallest absolute Gasteiger partial charge is 0.220 e. The Labute approximate surface area is 609 Å². The highest BCUT2D eigenvalue weighted by Gasteiger charge is 2.51. The Morgan fingerprint density at radius 2 is 0.667 bits per heavy atom. The van der Waals surface area contributed by atoms with Crippen LogP contribution in [0.25, 0.3) is 0 Å². The normalized spacial score (nSPS) is 22.0. The fourth-order valence-corrected chi connectivity index (χ4v) is 14.6. The van der Waals surface area contributed by atoms with E-state index in [2.05, 4.69) is 43.5 Å². The van der Waals surface area contributed by atoms with Crippen molar-refractivity contribution in [1.29, 1.82) is 0 Å². The SMILES string of the molecule is CCCCCCC/C=C\C/C=C\CCCCCCCCCCCCCCCCCCCCCCCCCCCC(=O)NC(COC1OC(CO)C(OC2OC(CO)C(O)C(O)C2O)C(O)C1O)C(O)CCCCCCCCCCCCCCCCCCCCCCCCCCCCCC. The van der Waals surface area contributed by atoms with Gasteiger partial charge in [0, 0.05) is 6.42 Å². The predicted octanol–water partition coefficient (Wildman–Crippen LogP) is 20.2. The number of aliphatic hydroxyl groups is 8. The molecule has 0 aliphatic carbocycles. The van der Waals surface area contributed by atoms with Crippen LogP contribution in [0.2, 0.25) is 0 Å². The number of aliphatic hydroxyl groups excluding tert-OH is 8. The minimum absolute atomic E-state index is 0.196. The first-order valence-electron chi connectivity index (χ1n) is 43.1. The summed E-state index contributed by atoms with van der Waals surface area (Å²) in [6, 6.07) is -0.828. The lowest BCUT2D eigenvalue weighted by molar-refractivity contribution is -0.359. The van der Waals surface area contributed by atoms with Gasteiger partial charge in [0.1, 0.15) is 48.8 Å². The van der Waals surface area contributed by atoms with Gasteiger partial charge in [0.05, 0.1) is 32.0 Å². The number of hydrogen-bond donors (Lipinski definition) is 9. The molecular weight excluding hydrogens is 1240 g/mol. The molecule has 14 nitrogen and oxygen atoms in total. The Bertz CT molecular complexity index is 1760. The fraction of sp³-hybridized carbons (Fsp3) is 0.941. The molecule has 2 aliphatic heterocycles. The number of carbonyl (C=O) groups excluding carboxylic acids is 1. The molecular formula is C85H163NO13. The second kappa shape index (κ2) is 69.5. The number of unbranched alkanes of at least 4 members (excludes halogenated alkanes) is 57. The van der Waals surface area contributed by atoms with E-state index in [0.717, 1.165) is 57.8 Å². The van der Waals surface area contributed by atoms with Gasteiger partial charge in [-0.05, 0) is 44.9 Å². The maximum absolute atomic E-state index is 13.4. The van der Waals surface area contributed by atoms with Crippen molar-refractivity contribution in [2.24, 2.45) is 0 Å². The molecule has 2 saturated heterocycles. The third kappa shape index (κ3) is 52.2. The minimum atomic E-state index is -1.78. The summed E-state index contributed by atoms with van der Waals surface area (Å²) in [5.41, 5.74) is 0. The molecule has 1 amide bonds. The highest BCUT2D eigenvalue weighted by Crippen LogP contribution is 2.31. The Kier molecular flexibility index (Phi) is 65.7. The van der Waals surface area contributed by atoms with E-state index in [9.17, 15) is 45.6 Å². The van der Waals surface area contributed by atoms with Crippen molar-refractivity contribution < 1.29 is 64.6 Å². The fourth-order valence-electron chi connectivity index (χ4n) is 14.6. The van der Waals surface area contributed by atoms with Gasteiger partial charge >= 0.3 is 0 Å². The van der Waals surface area contributed by atoms with Crippen LogP contribution in [0.4, 0.5) is 0 Å². The molecule has 0 aromatic rings. The van der Waals surface area contributed by atoms with E-state index in [4.69, 9.17) is 18.9 Å². The molecule has 12 unspecified atom stereocenters.